The Hall–Kier alpha value is -1.24. The van der Waals surface area contributed by atoms with Crippen LogP contribution in [-0.2, 0) is 10.7 Å². The minimum atomic E-state index is -3.23. The number of ether oxygens (including phenoxy) is 1. The first-order valence-electron chi connectivity index (χ1n) is 5.45. The van der Waals surface area contributed by atoms with Gasteiger partial charge in [-0.25, -0.2) is 18.0 Å². The molecule has 0 spiro atoms. The fourth-order valence-corrected chi connectivity index (χ4v) is 1.69. The molecule has 0 saturated carbocycles. The summed E-state index contributed by atoms with van der Waals surface area (Å²) in [5.41, 5.74) is -0.545. The molecule has 0 fully saturated rings. The van der Waals surface area contributed by atoms with E-state index in [1.807, 2.05) is 0 Å². The van der Waals surface area contributed by atoms with Crippen LogP contribution < -0.4 is 4.74 Å². The Morgan fingerprint density at radius 2 is 2.11 bits per heavy atom. The van der Waals surface area contributed by atoms with Gasteiger partial charge in [0.1, 0.15) is 11.6 Å². The maximum atomic E-state index is 13.7. The minimum Gasteiger partial charge on any atom is -0.479 e. The summed E-state index contributed by atoms with van der Waals surface area (Å²) in [7, 11) is 0. The van der Waals surface area contributed by atoms with Gasteiger partial charge in [0, 0.05) is 12.5 Å². The number of benzene rings is 1. The number of hydrogen-bond acceptors (Lipinski definition) is 2. The molecular formula is C12H12BrF3O3. The van der Waals surface area contributed by atoms with Gasteiger partial charge in [0.15, 0.2) is 6.10 Å². The molecule has 0 radical (unpaired) electrons. The van der Waals surface area contributed by atoms with Crippen molar-refractivity contribution in [3.05, 3.63) is 28.0 Å². The highest BCUT2D eigenvalue weighted by Crippen LogP contribution is 2.40. The molecule has 106 valence electrons. The van der Waals surface area contributed by atoms with Gasteiger partial charge in [-0.05, 0) is 28.9 Å². The zero-order valence-electron chi connectivity index (χ0n) is 10.2. The third-order valence-electron chi connectivity index (χ3n) is 2.51. The molecule has 1 aromatic rings. The third kappa shape index (κ3) is 3.62. The molecule has 1 N–H and O–H groups in total. The first-order chi connectivity index (χ1) is 8.69. The Morgan fingerprint density at radius 1 is 1.53 bits per heavy atom. The summed E-state index contributed by atoms with van der Waals surface area (Å²) in [6.45, 7) is 2.44. The van der Waals surface area contributed by atoms with E-state index < -0.39 is 41.5 Å². The van der Waals surface area contributed by atoms with Crippen molar-refractivity contribution in [3.63, 3.8) is 0 Å². The lowest BCUT2D eigenvalue weighted by Gasteiger charge is -2.21. The molecule has 1 atom stereocenters. The van der Waals surface area contributed by atoms with Crippen LogP contribution in [0.15, 0.2) is 16.6 Å². The van der Waals surface area contributed by atoms with Crippen LogP contribution >= 0.6 is 15.9 Å². The largest absolute Gasteiger partial charge is 0.479 e. The number of carboxylic acid groups (broad SMARTS) is 1. The first kappa shape index (κ1) is 15.8. The fraction of sp³-hybridized carbons (Fsp3) is 0.417. The molecule has 3 nitrogen and oxygen atoms in total. The number of alkyl halides is 2. The molecular weight excluding hydrogens is 329 g/mol. The van der Waals surface area contributed by atoms with Crippen LogP contribution in [-0.4, -0.2) is 17.2 Å². The highest BCUT2D eigenvalue weighted by molar-refractivity contribution is 9.10. The monoisotopic (exact) mass is 340 g/mol. The van der Waals surface area contributed by atoms with Crippen LogP contribution in [0.4, 0.5) is 13.2 Å². The van der Waals surface area contributed by atoms with Crippen LogP contribution in [0.25, 0.3) is 0 Å². The average Bonchev–Trinajstić information content (AvgIpc) is 2.33. The first-order valence-corrected chi connectivity index (χ1v) is 6.25. The highest BCUT2D eigenvalue weighted by Gasteiger charge is 2.34. The van der Waals surface area contributed by atoms with E-state index in [2.05, 4.69) is 15.9 Å². The third-order valence-corrected chi connectivity index (χ3v) is 3.12. The Bertz CT molecular complexity index is 491. The normalized spacial score (nSPS) is 13.2. The van der Waals surface area contributed by atoms with Crippen LogP contribution in [0.1, 0.15) is 25.8 Å². The predicted octanol–water partition coefficient (Wildman–Crippen LogP) is 3.94. The van der Waals surface area contributed by atoms with Crippen molar-refractivity contribution in [1.29, 1.82) is 0 Å². The zero-order valence-corrected chi connectivity index (χ0v) is 11.8. The number of rotatable bonds is 5. The Morgan fingerprint density at radius 3 is 2.58 bits per heavy atom. The number of carboxylic acids is 1. The summed E-state index contributed by atoms with van der Waals surface area (Å²) in [4.78, 5) is 10.7. The molecule has 0 bridgehead atoms. The summed E-state index contributed by atoms with van der Waals surface area (Å²) in [5, 5.41) is 8.70. The summed E-state index contributed by atoms with van der Waals surface area (Å²) < 4.78 is 45.6. The van der Waals surface area contributed by atoms with Crippen LogP contribution in [0.5, 0.6) is 5.75 Å². The van der Waals surface area contributed by atoms with Gasteiger partial charge in [0.05, 0.1) is 10.0 Å². The molecule has 1 unspecified atom stereocenters. The van der Waals surface area contributed by atoms with Gasteiger partial charge in [-0.15, -0.1) is 0 Å². The van der Waals surface area contributed by atoms with Crippen molar-refractivity contribution in [1.82, 2.24) is 0 Å². The molecule has 0 heterocycles. The van der Waals surface area contributed by atoms with Gasteiger partial charge in [-0.2, -0.15) is 0 Å². The fourth-order valence-electron chi connectivity index (χ4n) is 1.34. The molecule has 0 aromatic heterocycles. The van der Waals surface area contributed by atoms with Crippen molar-refractivity contribution in [2.24, 2.45) is 0 Å². The van der Waals surface area contributed by atoms with E-state index in [1.165, 1.54) is 13.8 Å². The number of aliphatic carboxylic acids is 1. The molecule has 0 aliphatic rings. The van der Waals surface area contributed by atoms with Gasteiger partial charge >= 0.3 is 5.97 Å². The van der Waals surface area contributed by atoms with Crippen LogP contribution in [0, 0.1) is 5.82 Å². The molecule has 0 saturated heterocycles. The van der Waals surface area contributed by atoms with E-state index in [0.717, 1.165) is 12.1 Å². The maximum Gasteiger partial charge on any atom is 0.344 e. The Balaban J connectivity index is 3.28. The number of carbonyl (C=O) groups is 1. The Kier molecular flexibility index (Phi) is 4.84. The number of hydrogen-bond donors (Lipinski definition) is 1. The van der Waals surface area contributed by atoms with Crippen molar-refractivity contribution in [2.45, 2.75) is 32.3 Å². The van der Waals surface area contributed by atoms with Crippen LogP contribution in [0.2, 0.25) is 0 Å². The lowest BCUT2D eigenvalue weighted by atomic mass is 10.0. The molecule has 1 aromatic carbocycles. The van der Waals surface area contributed by atoms with Gasteiger partial charge < -0.3 is 9.84 Å². The smallest absolute Gasteiger partial charge is 0.344 e. The SMILES string of the molecule is CCC(F)(F)c1cc(Br)c(F)cc1OC(C)C(=O)O. The van der Waals surface area contributed by atoms with Gasteiger partial charge in [-0.1, -0.05) is 6.92 Å². The van der Waals surface area contributed by atoms with Gasteiger partial charge in [0.25, 0.3) is 5.92 Å². The second-order valence-corrected chi connectivity index (χ2v) is 4.77. The van der Waals surface area contributed by atoms with E-state index in [9.17, 15) is 18.0 Å². The molecule has 0 aliphatic carbocycles. The summed E-state index contributed by atoms with van der Waals surface area (Å²) in [6, 6.07) is 1.66. The molecule has 1 rings (SSSR count). The number of halogens is 4. The maximum absolute atomic E-state index is 13.7. The molecule has 0 aliphatic heterocycles. The Labute approximate surface area is 116 Å². The molecule has 0 amide bonds. The van der Waals surface area contributed by atoms with Crippen molar-refractivity contribution in [2.75, 3.05) is 0 Å². The van der Waals surface area contributed by atoms with E-state index in [-0.39, 0.29) is 4.47 Å². The highest BCUT2D eigenvalue weighted by atomic mass is 79.9. The predicted molar refractivity (Wildman–Crippen MR) is 66.0 cm³/mol. The zero-order chi connectivity index (χ0) is 14.8. The van der Waals surface area contributed by atoms with Crippen molar-refractivity contribution >= 4 is 21.9 Å². The second kappa shape index (κ2) is 5.81. The van der Waals surface area contributed by atoms with Crippen molar-refractivity contribution < 1.29 is 27.8 Å². The van der Waals surface area contributed by atoms with Crippen molar-refractivity contribution in [3.8, 4) is 5.75 Å². The standard InChI is InChI=1S/C12H12BrF3O3/c1-3-12(15,16)7-4-8(13)9(14)5-10(7)19-6(2)11(17)18/h4-6H,3H2,1-2H3,(H,17,18). The topological polar surface area (TPSA) is 46.5 Å². The minimum absolute atomic E-state index is 0.133. The van der Waals surface area contributed by atoms with Gasteiger partial charge in [0.2, 0.25) is 0 Å². The average molecular weight is 341 g/mol. The lowest BCUT2D eigenvalue weighted by molar-refractivity contribution is -0.144. The van der Waals surface area contributed by atoms with E-state index >= 15 is 0 Å². The summed E-state index contributed by atoms with van der Waals surface area (Å²) >= 11 is 2.82. The molecule has 7 heteroatoms. The second-order valence-electron chi connectivity index (χ2n) is 3.92. The van der Waals surface area contributed by atoms with E-state index in [4.69, 9.17) is 9.84 Å². The molecule has 19 heavy (non-hydrogen) atoms. The quantitative estimate of drug-likeness (QED) is 0.882. The van der Waals surface area contributed by atoms with Crippen LogP contribution in [0.3, 0.4) is 0 Å². The van der Waals surface area contributed by atoms with E-state index in [1.54, 1.807) is 0 Å². The van der Waals surface area contributed by atoms with E-state index in [0.29, 0.717) is 0 Å². The lowest BCUT2D eigenvalue weighted by Crippen LogP contribution is -2.25. The van der Waals surface area contributed by atoms with Gasteiger partial charge in [-0.3, -0.25) is 0 Å². The summed E-state index contributed by atoms with van der Waals surface area (Å²) in [5.74, 6) is -5.83. The summed E-state index contributed by atoms with van der Waals surface area (Å²) in [6.07, 6.45) is -1.87.